The highest BCUT2D eigenvalue weighted by Gasteiger charge is 2.16. The summed E-state index contributed by atoms with van der Waals surface area (Å²) in [5.74, 6) is 7.59. The van der Waals surface area contributed by atoms with Crippen LogP contribution in [-0.4, -0.2) is 20.8 Å². The van der Waals surface area contributed by atoms with Crippen LogP contribution < -0.4 is 11.3 Å². The fourth-order valence-electron chi connectivity index (χ4n) is 1.63. The molecule has 1 unspecified atom stereocenters. The van der Waals surface area contributed by atoms with Crippen molar-refractivity contribution < 1.29 is 0 Å². The zero-order valence-corrected chi connectivity index (χ0v) is 10.6. The molecule has 0 amide bonds. The van der Waals surface area contributed by atoms with Gasteiger partial charge in [-0.25, -0.2) is 9.67 Å². The van der Waals surface area contributed by atoms with Gasteiger partial charge in [-0.1, -0.05) is 27.7 Å². The van der Waals surface area contributed by atoms with Crippen molar-refractivity contribution in [2.24, 2.45) is 17.7 Å². The molecule has 1 atom stereocenters. The first-order valence-corrected chi connectivity index (χ1v) is 5.87. The van der Waals surface area contributed by atoms with Gasteiger partial charge in [0.1, 0.15) is 12.2 Å². The van der Waals surface area contributed by atoms with Gasteiger partial charge < -0.3 is 0 Å². The Morgan fingerprint density at radius 1 is 1.38 bits per heavy atom. The minimum absolute atomic E-state index is 0.245. The van der Waals surface area contributed by atoms with E-state index in [0.29, 0.717) is 11.8 Å². The number of rotatable bonds is 6. The van der Waals surface area contributed by atoms with Gasteiger partial charge in [-0.3, -0.25) is 11.3 Å². The first kappa shape index (κ1) is 13.1. The second-order valence-corrected chi connectivity index (χ2v) is 4.97. The van der Waals surface area contributed by atoms with E-state index in [1.165, 1.54) is 0 Å². The van der Waals surface area contributed by atoms with Crippen molar-refractivity contribution in [3.8, 4) is 0 Å². The highest BCUT2D eigenvalue weighted by atomic mass is 15.3. The molecule has 0 spiro atoms. The zero-order chi connectivity index (χ0) is 12.1. The molecule has 0 saturated heterocycles. The molecule has 5 heteroatoms. The van der Waals surface area contributed by atoms with Gasteiger partial charge in [0.25, 0.3) is 0 Å². The normalized spacial score (nSPS) is 13.7. The van der Waals surface area contributed by atoms with Gasteiger partial charge in [-0.2, -0.15) is 5.10 Å². The van der Waals surface area contributed by atoms with Crippen LogP contribution in [0.1, 0.15) is 33.5 Å². The molecule has 92 valence electrons. The summed E-state index contributed by atoms with van der Waals surface area (Å²) in [7, 11) is 0. The Labute approximate surface area is 97.4 Å². The third-order valence-electron chi connectivity index (χ3n) is 2.66. The largest absolute Gasteiger partial charge is 0.271 e. The molecule has 1 heterocycles. The van der Waals surface area contributed by atoms with E-state index in [-0.39, 0.29) is 6.04 Å². The van der Waals surface area contributed by atoms with Crippen LogP contribution in [0.2, 0.25) is 0 Å². The average molecular weight is 225 g/mol. The molecule has 1 aromatic heterocycles. The van der Waals surface area contributed by atoms with Gasteiger partial charge in [0.05, 0.1) is 0 Å². The molecule has 1 aromatic rings. The lowest BCUT2D eigenvalue weighted by molar-refractivity contribution is 0.381. The summed E-state index contributed by atoms with van der Waals surface area (Å²) in [4.78, 5) is 4.30. The monoisotopic (exact) mass is 225 g/mol. The van der Waals surface area contributed by atoms with Crippen molar-refractivity contribution >= 4 is 0 Å². The fourth-order valence-corrected chi connectivity index (χ4v) is 1.63. The minimum Gasteiger partial charge on any atom is -0.271 e. The zero-order valence-electron chi connectivity index (χ0n) is 10.6. The number of nitrogens with zero attached hydrogens (tertiary/aromatic N) is 3. The number of hydrogen-bond donors (Lipinski definition) is 2. The van der Waals surface area contributed by atoms with Crippen LogP contribution in [-0.2, 0) is 13.0 Å². The summed E-state index contributed by atoms with van der Waals surface area (Å²) in [5.41, 5.74) is 2.84. The van der Waals surface area contributed by atoms with Crippen LogP contribution in [0, 0.1) is 11.8 Å². The van der Waals surface area contributed by atoms with E-state index in [2.05, 4.69) is 43.2 Å². The molecule has 0 fully saturated rings. The Hall–Kier alpha value is -0.940. The van der Waals surface area contributed by atoms with Gasteiger partial charge in [0.15, 0.2) is 0 Å². The predicted octanol–water partition coefficient (Wildman–Crippen LogP) is 0.964. The van der Waals surface area contributed by atoms with E-state index >= 15 is 0 Å². The number of hydrogen-bond acceptors (Lipinski definition) is 4. The lowest BCUT2D eigenvalue weighted by Gasteiger charge is -2.19. The summed E-state index contributed by atoms with van der Waals surface area (Å²) in [6.07, 6.45) is 2.44. The SMILES string of the molecule is CC(C)Cn1ncnc1CC(NN)C(C)C. The van der Waals surface area contributed by atoms with E-state index < -0.39 is 0 Å². The highest BCUT2D eigenvalue weighted by molar-refractivity contribution is 4.90. The molecule has 0 aromatic carbocycles. The molecule has 0 saturated carbocycles. The summed E-state index contributed by atoms with van der Waals surface area (Å²) in [6.45, 7) is 9.55. The van der Waals surface area contributed by atoms with E-state index in [0.717, 1.165) is 18.8 Å². The lowest BCUT2D eigenvalue weighted by atomic mass is 10.0. The molecule has 3 N–H and O–H groups in total. The maximum Gasteiger partial charge on any atom is 0.138 e. The third-order valence-corrected chi connectivity index (χ3v) is 2.66. The standard InChI is InChI=1S/C11H23N5/c1-8(2)6-16-11(13-7-14-16)5-10(15-12)9(3)4/h7-10,15H,5-6,12H2,1-4H3. The van der Waals surface area contributed by atoms with Crippen LogP contribution in [0.25, 0.3) is 0 Å². The van der Waals surface area contributed by atoms with Crippen molar-refractivity contribution in [1.29, 1.82) is 0 Å². The molecule has 0 bridgehead atoms. The number of hydrazine groups is 1. The molecule has 0 aliphatic heterocycles. The first-order valence-electron chi connectivity index (χ1n) is 5.87. The Balaban J connectivity index is 2.68. The Kier molecular flexibility index (Phi) is 4.89. The van der Waals surface area contributed by atoms with Crippen molar-refractivity contribution in [3.05, 3.63) is 12.2 Å². The number of nitrogens with one attached hydrogen (secondary N) is 1. The Morgan fingerprint density at radius 3 is 2.56 bits per heavy atom. The van der Waals surface area contributed by atoms with Gasteiger partial charge in [0.2, 0.25) is 0 Å². The van der Waals surface area contributed by atoms with Crippen molar-refractivity contribution in [3.63, 3.8) is 0 Å². The number of nitrogens with two attached hydrogens (primary N) is 1. The van der Waals surface area contributed by atoms with Crippen LogP contribution >= 0.6 is 0 Å². The van der Waals surface area contributed by atoms with E-state index in [1.807, 2.05) is 4.68 Å². The molecule has 16 heavy (non-hydrogen) atoms. The maximum atomic E-state index is 5.53. The first-order chi connectivity index (χ1) is 7.54. The maximum absolute atomic E-state index is 5.53. The van der Waals surface area contributed by atoms with Gasteiger partial charge in [0, 0.05) is 19.0 Å². The Bertz CT molecular complexity index is 305. The van der Waals surface area contributed by atoms with Gasteiger partial charge in [-0.05, 0) is 11.8 Å². The van der Waals surface area contributed by atoms with Crippen molar-refractivity contribution in [2.45, 2.75) is 46.7 Å². The molecular weight excluding hydrogens is 202 g/mol. The molecule has 0 aliphatic carbocycles. The topological polar surface area (TPSA) is 68.8 Å². The molecule has 0 aliphatic rings. The van der Waals surface area contributed by atoms with E-state index in [4.69, 9.17) is 5.84 Å². The minimum atomic E-state index is 0.245. The molecular formula is C11H23N5. The molecule has 0 radical (unpaired) electrons. The molecule has 5 nitrogen and oxygen atoms in total. The smallest absolute Gasteiger partial charge is 0.138 e. The quantitative estimate of drug-likeness (QED) is 0.559. The fraction of sp³-hybridized carbons (Fsp3) is 0.818. The summed E-state index contributed by atoms with van der Waals surface area (Å²) in [5, 5.41) is 4.24. The van der Waals surface area contributed by atoms with E-state index in [9.17, 15) is 0 Å². The predicted molar refractivity (Wildman–Crippen MR) is 64.5 cm³/mol. The highest BCUT2D eigenvalue weighted by Crippen LogP contribution is 2.08. The van der Waals surface area contributed by atoms with Crippen molar-refractivity contribution in [2.75, 3.05) is 0 Å². The molecule has 1 rings (SSSR count). The van der Waals surface area contributed by atoms with Crippen LogP contribution in [0.5, 0.6) is 0 Å². The van der Waals surface area contributed by atoms with Gasteiger partial charge in [-0.15, -0.1) is 0 Å². The lowest BCUT2D eigenvalue weighted by Crippen LogP contribution is -2.41. The summed E-state index contributed by atoms with van der Waals surface area (Å²) < 4.78 is 1.97. The summed E-state index contributed by atoms with van der Waals surface area (Å²) in [6, 6.07) is 0.245. The second kappa shape index (κ2) is 5.96. The van der Waals surface area contributed by atoms with Crippen LogP contribution in [0.3, 0.4) is 0 Å². The second-order valence-electron chi connectivity index (χ2n) is 4.97. The van der Waals surface area contributed by atoms with Crippen molar-refractivity contribution in [1.82, 2.24) is 20.2 Å². The van der Waals surface area contributed by atoms with Crippen LogP contribution in [0.15, 0.2) is 6.33 Å². The van der Waals surface area contributed by atoms with E-state index in [1.54, 1.807) is 6.33 Å². The number of aromatic nitrogens is 3. The van der Waals surface area contributed by atoms with Gasteiger partial charge >= 0.3 is 0 Å². The average Bonchev–Trinajstić information content (AvgIpc) is 2.60. The summed E-state index contributed by atoms with van der Waals surface area (Å²) >= 11 is 0. The Morgan fingerprint density at radius 2 is 2.06 bits per heavy atom. The van der Waals surface area contributed by atoms with Crippen LogP contribution in [0.4, 0.5) is 0 Å². The third kappa shape index (κ3) is 3.57.